The largest absolute Gasteiger partial charge is 0.497 e. The topological polar surface area (TPSA) is 44.1 Å². The van der Waals surface area contributed by atoms with Gasteiger partial charge in [-0.2, -0.15) is 0 Å². The maximum Gasteiger partial charge on any atom is 0.266 e. The summed E-state index contributed by atoms with van der Waals surface area (Å²) in [4.78, 5) is 17.7. The molecule has 3 rings (SSSR count). The average Bonchev–Trinajstić information content (AvgIpc) is 2.62. The molecule has 1 aromatic heterocycles. The summed E-state index contributed by atoms with van der Waals surface area (Å²) in [5.41, 5.74) is 1.51. The second-order valence-corrected chi connectivity index (χ2v) is 6.51. The van der Waals surface area contributed by atoms with Crippen LogP contribution in [0, 0.1) is 0 Å². The van der Waals surface area contributed by atoms with E-state index in [1.54, 1.807) is 23.4 Å². The van der Waals surface area contributed by atoms with Gasteiger partial charge in [-0.05, 0) is 42.8 Å². The molecule has 0 spiro atoms. The molecular weight excluding hydrogens is 320 g/mol. The van der Waals surface area contributed by atoms with Crippen LogP contribution in [0.4, 0.5) is 0 Å². The Morgan fingerprint density at radius 2 is 1.88 bits per heavy atom. The monoisotopic (exact) mass is 340 g/mol. The molecule has 0 unspecified atom stereocenters. The number of benzene rings is 2. The lowest BCUT2D eigenvalue weighted by Gasteiger charge is -2.13. The van der Waals surface area contributed by atoms with Crippen LogP contribution in [0.5, 0.6) is 5.75 Å². The number of nitrogens with zero attached hydrogens (tertiary/aromatic N) is 2. The molecule has 24 heavy (non-hydrogen) atoms. The maximum absolute atomic E-state index is 13.0. The SMILES string of the molecule is CCCCSc1nc2ccccc2c(=O)n1-c1ccc(OC)cc1. The molecule has 0 aliphatic rings. The van der Waals surface area contributed by atoms with Crippen molar-refractivity contribution in [1.29, 1.82) is 0 Å². The lowest BCUT2D eigenvalue weighted by Crippen LogP contribution is -2.21. The number of methoxy groups -OCH3 is 1. The smallest absolute Gasteiger partial charge is 0.266 e. The lowest BCUT2D eigenvalue weighted by atomic mass is 10.2. The first-order valence-electron chi connectivity index (χ1n) is 8.03. The average molecular weight is 340 g/mol. The van der Waals surface area contributed by atoms with Crippen molar-refractivity contribution >= 4 is 22.7 Å². The van der Waals surface area contributed by atoms with Gasteiger partial charge in [0, 0.05) is 5.75 Å². The number of hydrogen-bond acceptors (Lipinski definition) is 4. The Morgan fingerprint density at radius 3 is 2.58 bits per heavy atom. The number of hydrogen-bond donors (Lipinski definition) is 0. The molecule has 0 atom stereocenters. The molecule has 0 amide bonds. The second kappa shape index (κ2) is 7.53. The number of ether oxygens (including phenoxy) is 1. The van der Waals surface area contributed by atoms with Crippen LogP contribution in [0.1, 0.15) is 19.8 Å². The van der Waals surface area contributed by atoms with Crippen LogP contribution in [0.15, 0.2) is 58.5 Å². The minimum atomic E-state index is -0.0373. The van der Waals surface area contributed by atoms with Gasteiger partial charge in [-0.1, -0.05) is 37.2 Å². The Morgan fingerprint density at radius 1 is 1.12 bits per heavy atom. The molecule has 4 nitrogen and oxygen atoms in total. The summed E-state index contributed by atoms with van der Waals surface area (Å²) in [6.45, 7) is 2.16. The number of thioether (sulfide) groups is 1. The van der Waals surface area contributed by atoms with E-state index in [9.17, 15) is 4.79 Å². The lowest BCUT2D eigenvalue weighted by molar-refractivity contribution is 0.414. The van der Waals surface area contributed by atoms with Gasteiger partial charge in [0.2, 0.25) is 0 Å². The van der Waals surface area contributed by atoms with E-state index in [1.807, 2.05) is 48.5 Å². The first-order chi connectivity index (χ1) is 11.7. The van der Waals surface area contributed by atoms with Crippen LogP contribution in [0.2, 0.25) is 0 Å². The first kappa shape index (κ1) is 16.6. The van der Waals surface area contributed by atoms with Crippen LogP contribution < -0.4 is 10.3 Å². The van der Waals surface area contributed by atoms with Gasteiger partial charge >= 0.3 is 0 Å². The van der Waals surface area contributed by atoms with Crippen LogP contribution >= 0.6 is 11.8 Å². The minimum Gasteiger partial charge on any atom is -0.497 e. The van der Waals surface area contributed by atoms with Crippen molar-refractivity contribution in [1.82, 2.24) is 9.55 Å². The third kappa shape index (κ3) is 3.31. The molecule has 0 N–H and O–H groups in total. The Labute approximate surface area is 145 Å². The predicted molar refractivity (Wildman–Crippen MR) is 99.5 cm³/mol. The third-order valence-corrected chi connectivity index (χ3v) is 4.83. The zero-order valence-electron chi connectivity index (χ0n) is 13.9. The second-order valence-electron chi connectivity index (χ2n) is 5.45. The summed E-state index contributed by atoms with van der Waals surface area (Å²) in [5, 5.41) is 1.37. The van der Waals surface area contributed by atoms with Crippen LogP contribution in [0.3, 0.4) is 0 Å². The van der Waals surface area contributed by atoms with Crippen LogP contribution in [-0.2, 0) is 0 Å². The predicted octanol–water partition coefficient (Wildman–Crippen LogP) is 4.29. The summed E-state index contributed by atoms with van der Waals surface area (Å²) >= 11 is 1.63. The van der Waals surface area contributed by atoms with E-state index in [4.69, 9.17) is 9.72 Å². The normalized spacial score (nSPS) is 10.9. The number of unbranched alkanes of at least 4 members (excludes halogenated alkanes) is 1. The van der Waals surface area contributed by atoms with Gasteiger partial charge in [0.25, 0.3) is 5.56 Å². The fourth-order valence-corrected chi connectivity index (χ4v) is 3.57. The molecule has 0 saturated heterocycles. The molecule has 0 aliphatic carbocycles. The van der Waals surface area contributed by atoms with Crippen molar-refractivity contribution in [3.05, 3.63) is 58.9 Å². The number of rotatable bonds is 6. The van der Waals surface area contributed by atoms with Gasteiger partial charge in [-0.3, -0.25) is 9.36 Å². The van der Waals surface area contributed by atoms with Crippen molar-refractivity contribution in [2.45, 2.75) is 24.9 Å². The molecule has 0 radical (unpaired) electrons. The summed E-state index contributed by atoms with van der Waals surface area (Å²) in [5.74, 6) is 1.71. The Balaban J connectivity index is 2.16. The summed E-state index contributed by atoms with van der Waals surface area (Å²) in [7, 11) is 1.63. The minimum absolute atomic E-state index is 0.0373. The van der Waals surface area contributed by atoms with Gasteiger partial charge < -0.3 is 4.74 Å². The highest BCUT2D eigenvalue weighted by molar-refractivity contribution is 7.99. The van der Waals surface area contributed by atoms with Crippen molar-refractivity contribution in [2.24, 2.45) is 0 Å². The molecule has 1 heterocycles. The van der Waals surface area contributed by atoms with Crippen molar-refractivity contribution in [3.8, 4) is 11.4 Å². The number of fused-ring (bicyclic) bond motifs is 1. The molecule has 2 aromatic carbocycles. The van der Waals surface area contributed by atoms with Crippen molar-refractivity contribution in [2.75, 3.05) is 12.9 Å². The van der Waals surface area contributed by atoms with Gasteiger partial charge in [0.1, 0.15) is 5.75 Å². The van der Waals surface area contributed by atoms with Crippen LogP contribution in [0.25, 0.3) is 16.6 Å². The molecule has 0 aliphatic heterocycles. The highest BCUT2D eigenvalue weighted by Gasteiger charge is 2.13. The molecule has 124 valence electrons. The molecule has 0 saturated carbocycles. The van der Waals surface area contributed by atoms with E-state index < -0.39 is 0 Å². The standard InChI is InChI=1S/C19H20N2O2S/c1-3-4-13-24-19-20-17-8-6-5-7-16(17)18(22)21(19)14-9-11-15(23-2)12-10-14/h5-12H,3-4,13H2,1-2H3. The fraction of sp³-hybridized carbons (Fsp3) is 0.263. The van der Waals surface area contributed by atoms with Gasteiger partial charge in [0.15, 0.2) is 5.16 Å². The Kier molecular flexibility index (Phi) is 5.20. The maximum atomic E-state index is 13.0. The summed E-state index contributed by atoms with van der Waals surface area (Å²) < 4.78 is 6.90. The van der Waals surface area contributed by atoms with E-state index >= 15 is 0 Å². The number of aromatic nitrogens is 2. The Bertz CT molecular complexity index is 888. The van der Waals surface area contributed by atoms with Gasteiger partial charge in [-0.15, -0.1) is 0 Å². The van der Waals surface area contributed by atoms with Crippen molar-refractivity contribution < 1.29 is 4.74 Å². The number of para-hydroxylation sites is 1. The zero-order chi connectivity index (χ0) is 16.9. The highest BCUT2D eigenvalue weighted by Crippen LogP contribution is 2.23. The summed E-state index contributed by atoms with van der Waals surface area (Å²) in [6.07, 6.45) is 2.21. The van der Waals surface area contributed by atoms with Crippen LogP contribution in [-0.4, -0.2) is 22.4 Å². The molecule has 3 aromatic rings. The van der Waals surface area contributed by atoms with E-state index in [1.165, 1.54) is 0 Å². The van der Waals surface area contributed by atoms with Crippen molar-refractivity contribution in [3.63, 3.8) is 0 Å². The van der Waals surface area contributed by atoms with E-state index in [2.05, 4.69) is 6.92 Å². The third-order valence-electron chi connectivity index (χ3n) is 3.80. The zero-order valence-corrected chi connectivity index (χ0v) is 14.7. The quantitative estimate of drug-likeness (QED) is 0.381. The van der Waals surface area contributed by atoms with E-state index in [-0.39, 0.29) is 5.56 Å². The first-order valence-corrected chi connectivity index (χ1v) is 9.02. The summed E-state index contributed by atoms with van der Waals surface area (Å²) in [6, 6.07) is 15.0. The Hall–Kier alpha value is -2.27. The molecular formula is C19H20N2O2S. The molecule has 0 bridgehead atoms. The highest BCUT2D eigenvalue weighted by atomic mass is 32.2. The molecule has 5 heteroatoms. The van der Waals surface area contributed by atoms with Gasteiger partial charge in [-0.25, -0.2) is 4.98 Å². The van der Waals surface area contributed by atoms with E-state index in [0.717, 1.165) is 40.7 Å². The fourth-order valence-electron chi connectivity index (χ4n) is 2.48. The van der Waals surface area contributed by atoms with Gasteiger partial charge in [0.05, 0.1) is 23.7 Å². The molecule has 0 fully saturated rings. The van der Waals surface area contributed by atoms with E-state index in [0.29, 0.717) is 5.39 Å².